The maximum atomic E-state index is 12.4. The largest absolute Gasteiger partial charge is 0.301 e. The summed E-state index contributed by atoms with van der Waals surface area (Å²) >= 11 is 0. The summed E-state index contributed by atoms with van der Waals surface area (Å²) in [5, 5.41) is 2.46. The molecule has 0 bridgehead atoms. The molecule has 0 N–H and O–H groups in total. The Morgan fingerprint density at radius 2 is 1.50 bits per heavy atom. The van der Waals surface area contributed by atoms with Gasteiger partial charge in [0.1, 0.15) is 0 Å². The molecule has 1 aromatic heterocycles. The Hall–Kier alpha value is -3.72. The van der Waals surface area contributed by atoms with Crippen LogP contribution in [0.4, 0.5) is 0 Å². The van der Waals surface area contributed by atoms with Gasteiger partial charge in [0.2, 0.25) is 0 Å². The predicted molar refractivity (Wildman–Crippen MR) is 114 cm³/mol. The van der Waals surface area contributed by atoms with Crippen molar-refractivity contribution in [3.8, 4) is 11.1 Å². The summed E-state index contributed by atoms with van der Waals surface area (Å²) in [6, 6.07) is 31.0. The van der Waals surface area contributed by atoms with Gasteiger partial charge in [-0.05, 0) is 51.7 Å². The molecule has 28 heavy (non-hydrogen) atoms. The van der Waals surface area contributed by atoms with Crippen LogP contribution in [0.1, 0.15) is 5.56 Å². The highest BCUT2D eigenvalue weighted by molar-refractivity contribution is 5.87. The first-order chi connectivity index (χ1) is 13.8. The van der Waals surface area contributed by atoms with Crippen LogP contribution in [0.25, 0.3) is 32.9 Å². The minimum absolute atomic E-state index is 0.0881. The molecular formula is C25H18N2O. The van der Waals surface area contributed by atoms with Crippen LogP contribution in [-0.4, -0.2) is 9.55 Å². The number of hydrogen-bond acceptors (Lipinski definition) is 2. The topological polar surface area (TPSA) is 34.9 Å². The van der Waals surface area contributed by atoms with E-state index < -0.39 is 0 Å². The van der Waals surface area contributed by atoms with Crippen LogP contribution in [0, 0.1) is 0 Å². The molecular weight excluding hydrogens is 344 g/mol. The predicted octanol–water partition coefficient (Wildman–Crippen LogP) is 5.27. The van der Waals surface area contributed by atoms with Gasteiger partial charge in [0.05, 0.1) is 23.8 Å². The maximum absolute atomic E-state index is 12.4. The van der Waals surface area contributed by atoms with Gasteiger partial charge in [-0.2, -0.15) is 0 Å². The van der Waals surface area contributed by atoms with Gasteiger partial charge in [-0.1, -0.05) is 66.7 Å². The second-order valence-corrected chi connectivity index (χ2v) is 6.93. The van der Waals surface area contributed by atoms with Gasteiger partial charge in [0.15, 0.2) is 0 Å². The van der Waals surface area contributed by atoms with Crippen LogP contribution in [0.3, 0.4) is 0 Å². The third-order valence-electron chi connectivity index (χ3n) is 5.10. The van der Waals surface area contributed by atoms with Gasteiger partial charge in [0.25, 0.3) is 5.56 Å². The van der Waals surface area contributed by atoms with Crippen molar-refractivity contribution in [3.05, 3.63) is 113 Å². The molecule has 0 radical (unpaired) electrons. The number of nitrogens with zero attached hydrogens (tertiary/aromatic N) is 2. The Morgan fingerprint density at radius 3 is 2.43 bits per heavy atom. The third kappa shape index (κ3) is 2.97. The van der Waals surface area contributed by atoms with Crippen molar-refractivity contribution in [2.75, 3.05) is 0 Å². The second-order valence-electron chi connectivity index (χ2n) is 6.93. The van der Waals surface area contributed by atoms with Crippen molar-refractivity contribution in [3.63, 3.8) is 0 Å². The van der Waals surface area contributed by atoms with Crippen LogP contribution in [0.15, 0.2) is 102 Å². The average molecular weight is 362 g/mol. The van der Waals surface area contributed by atoms with E-state index in [1.54, 1.807) is 4.57 Å². The van der Waals surface area contributed by atoms with E-state index in [9.17, 15) is 4.79 Å². The zero-order valence-corrected chi connectivity index (χ0v) is 15.2. The zero-order chi connectivity index (χ0) is 18.9. The summed E-state index contributed by atoms with van der Waals surface area (Å²) in [5.41, 5.74) is 5.00. The molecule has 0 amide bonds. The average Bonchev–Trinajstić information content (AvgIpc) is 2.76. The van der Waals surface area contributed by atoms with Gasteiger partial charge in [-0.3, -0.25) is 4.79 Å². The highest BCUT2D eigenvalue weighted by Gasteiger charge is 2.06. The smallest absolute Gasteiger partial charge is 0.269 e. The Bertz CT molecular complexity index is 1370. The van der Waals surface area contributed by atoms with Crippen molar-refractivity contribution in [2.24, 2.45) is 0 Å². The van der Waals surface area contributed by atoms with E-state index in [0.29, 0.717) is 6.54 Å². The first-order valence-corrected chi connectivity index (χ1v) is 9.31. The van der Waals surface area contributed by atoms with Crippen LogP contribution in [0.5, 0.6) is 0 Å². The molecule has 0 aliphatic carbocycles. The monoisotopic (exact) mass is 362 g/mol. The van der Waals surface area contributed by atoms with E-state index in [2.05, 4.69) is 65.6 Å². The molecule has 0 spiro atoms. The van der Waals surface area contributed by atoms with Crippen LogP contribution in [0.2, 0.25) is 0 Å². The number of para-hydroxylation sites is 2. The molecule has 0 aliphatic heterocycles. The SMILES string of the molecule is O=c1cnc2ccccc2n1Cc1cccc(-c2ccc3ccccc3c2)c1. The van der Waals surface area contributed by atoms with Gasteiger partial charge in [0, 0.05) is 0 Å². The highest BCUT2D eigenvalue weighted by atomic mass is 16.1. The van der Waals surface area contributed by atoms with Gasteiger partial charge in [-0.15, -0.1) is 0 Å². The first kappa shape index (κ1) is 16.5. The lowest BCUT2D eigenvalue weighted by molar-refractivity contribution is 0.787. The lowest BCUT2D eigenvalue weighted by Crippen LogP contribution is -2.21. The second kappa shape index (κ2) is 6.78. The van der Waals surface area contributed by atoms with Crippen LogP contribution < -0.4 is 5.56 Å². The highest BCUT2D eigenvalue weighted by Crippen LogP contribution is 2.25. The molecule has 0 atom stereocenters. The molecule has 1 heterocycles. The Morgan fingerprint density at radius 1 is 0.714 bits per heavy atom. The number of aromatic nitrogens is 2. The molecule has 4 aromatic carbocycles. The number of benzene rings is 4. The summed E-state index contributed by atoms with van der Waals surface area (Å²) in [5.74, 6) is 0. The standard InChI is InChI=1S/C25H18N2O/c28-25-16-26-23-10-3-4-11-24(23)27(25)17-18-6-5-9-20(14-18)22-13-12-19-7-1-2-8-21(19)15-22/h1-16H,17H2. The summed E-state index contributed by atoms with van der Waals surface area (Å²) in [4.78, 5) is 16.7. The van der Waals surface area contributed by atoms with E-state index >= 15 is 0 Å². The fourth-order valence-corrected chi connectivity index (χ4v) is 3.68. The molecule has 0 saturated carbocycles. The molecule has 5 aromatic rings. The summed E-state index contributed by atoms with van der Waals surface area (Å²) in [7, 11) is 0. The fourth-order valence-electron chi connectivity index (χ4n) is 3.68. The van der Waals surface area contributed by atoms with Gasteiger partial charge < -0.3 is 4.57 Å². The number of hydrogen-bond donors (Lipinski definition) is 0. The van der Waals surface area contributed by atoms with Crippen molar-refractivity contribution < 1.29 is 0 Å². The maximum Gasteiger partial charge on any atom is 0.269 e. The van der Waals surface area contributed by atoms with E-state index in [1.165, 1.54) is 22.5 Å². The minimum atomic E-state index is -0.0881. The van der Waals surface area contributed by atoms with Gasteiger partial charge in [-0.25, -0.2) is 4.98 Å². The summed E-state index contributed by atoms with van der Waals surface area (Å²) in [6.45, 7) is 0.517. The lowest BCUT2D eigenvalue weighted by Gasteiger charge is -2.11. The molecule has 5 rings (SSSR count). The molecule has 3 heteroatoms. The number of fused-ring (bicyclic) bond motifs is 2. The van der Waals surface area contributed by atoms with Crippen molar-refractivity contribution in [2.45, 2.75) is 6.54 Å². The van der Waals surface area contributed by atoms with E-state index in [4.69, 9.17) is 0 Å². The number of rotatable bonds is 3. The molecule has 0 unspecified atom stereocenters. The van der Waals surface area contributed by atoms with E-state index in [1.807, 2.05) is 30.3 Å². The van der Waals surface area contributed by atoms with E-state index in [-0.39, 0.29) is 5.56 Å². The molecule has 0 fully saturated rings. The third-order valence-corrected chi connectivity index (χ3v) is 5.10. The van der Waals surface area contributed by atoms with Crippen molar-refractivity contribution in [1.29, 1.82) is 0 Å². The van der Waals surface area contributed by atoms with Crippen molar-refractivity contribution >= 4 is 21.8 Å². The molecule has 0 saturated heterocycles. The van der Waals surface area contributed by atoms with Gasteiger partial charge >= 0.3 is 0 Å². The normalized spacial score (nSPS) is 11.1. The quantitative estimate of drug-likeness (QED) is 0.438. The Balaban J connectivity index is 1.56. The van der Waals surface area contributed by atoms with Crippen molar-refractivity contribution in [1.82, 2.24) is 9.55 Å². The summed E-state index contributed by atoms with van der Waals surface area (Å²) in [6.07, 6.45) is 1.40. The van der Waals surface area contributed by atoms with E-state index in [0.717, 1.165) is 22.2 Å². The molecule has 3 nitrogen and oxygen atoms in total. The Kier molecular flexibility index (Phi) is 3.99. The van der Waals surface area contributed by atoms with Crippen LogP contribution in [-0.2, 0) is 6.54 Å². The molecule has 0 aliphatic rings. The zero-order valence-electron chi connectivity index (χ0n) is 15.2. The summed E-state index contributed by atoms with van der Waals surface area (Å²) < 4.78 is 1.78. The lowest BCUT2D eigenvalue weighted by atomic mass is 9.99. The first-order valence-electron chi connectivity index (χ1n) is 9.31. The Labute approximate surface area is 162 Å². The minimum Gasteiger partial charge on any atom is -0.301 e. The van der Waals surface area contributed by atoms with Crippen LogP contribution >= 0.6 is 0 Å². The fraction of sp³-hybridized carbons (Fsp3) is 0.0400. The molecule has 134 valence electrons.